The van der Waals surface area contributed by atoms with E-state index in [1.54, 1.807) is 0 Å². The van der Waals surface area contributed by atoms with Crippen LogP contribution in [-0.2, 0) is 24.0 Å². The molecule has 118 valence electrons. The summed E-state index contributed by atoms with van der Waals surface area (Å²) in [6.45, 7) is 4.26. The van der Waals surface area contributed by atoms with E-state index in [2.05, 4.69) is 18.7 Å². The summed E-state index contributed by atoms with van der Waals surface area (Å²) in [5.41, 5.74) is 0. The average molecular weight is 315 g/mol. The molecule has 0 bridgehead atoms. The third-order valence-electron chi connectivity index (χ3n) is 2.96. The minimum Gasteiger partial charge on any atom is -0.329 e. The predicted molar refractivity (Wildman–Crippen MR) is 78.0 cm³/mol. The van der Waals surface area contributed by atoms with E-state index >= 15 is 0 Å². The molecule has 0 atom stereocenters. The second-order valence-electron chi connectivity index (χ2n) is 5.35. The molecule has 1 rings (SSSR count). The lowest BCUT2D eigenvalue weighted by molar-refractivity contribution is -0.195. The van der Waals surface area contributed by atoms with Crippen molar-refractivity contribution in [2.24, 2.45) is 5.92 Å². The van der Waals surface area contributed by atoms with Crippen molar-refractivity contribution in [1.82, 2.24) is 5.06 Å². The van der Waals surface area contributed by atoms with Gasteiger partial charge in [0.1, 0.15) is 5.75 Å². The lowest BCUT2D eigenvalue weighted by Crippen LogP contribution is -2.32. The molecule has 1 aliphatic heterocycles. The number of unbranched alkanes of at least 4 members (excludes halogenated alkanes) is 1. The van der Waals surface area contributed by atoms with Gasteiger partial charge in [0.25, 0.3) is 11.8 Å². The zero-order valence-corrected chi connectivity index (χ0v) is 13.2. The maximum atomic E-state index is 11.6. The van der Waals surface area contributed by atoms with Crippen LogP contribution in [0.4, 0.5) is 0 Å². The van der Waals surface area contributed by atoms with Crippen molar-refractivity contribution in [2.45, 2.75) is 52.4 Å². The van der Waals surface area contributed by atoms with E-state index in [1.807, 2.05) is 0 Å². The number of hydrogen-bond acceptors (Lipinski definition) is 6. The van der Waals surface area contributed by atoms with Crippen LogP contribution in [0.15, 0.2) is 0 Å². The fraction of sp³-hybridized carbons (Fsp3) is 0.714. The van der Waals surface area contributed by atoms with Gasteiger partial charge in [-0.3, -0.25) is 14.4 Å². The molecule has 6 nitrogen and oxygen atoms in total. The van der Waals surface area contributed by atoms with Crippen LogP contribution in [-0.4, -0.2) is 33.7 Å². The van der Waals surface area contributed by atoms with Gasteiger partial charge in [0, 0.05) is 19.3 Å². The zero-order chi connectivity index (χ0) is 15.8. The van der Waals surface area contributed by atoms with Crippen LogP contribution in [0.3, 0.4) is 0 Å². The fourth-order valence-electron chi connectivity index (χ4n) is 1.82. The van der Waals surface area contributed by atoms with Crippen LogP contribution in [0.25, 0.3) is 0 Å². The molecule has 0 spiro atoms. The zero-order valence-electron chi connectivity index (χ0n) is 12.4. The van der Waals surface area contributed by atoms with Crippen molar-refractivity contribution < 1.29 is 24.0 Å². The summed E-state index contributed by atoms with van der Waals surface area (Å²) in [5, 5.41) is 0.422. The molecular weight excluding hydrogens is 294 g/mol. The first-order valence-corrected chi connectivity index (χ1v) is 8.11. The SMILES string of the molecule is CC(C)CCCCC(=O)SCC(=O)ON1C(=O)CCC1=O. The topological polar surface area (TPSA) is 80.8 Å². The van der Waals surface area contributed by atoms with Crippen molar-refractivity contribution in [3.8, 4) is 0 Å². The number of imide groups is 1. The minimum atomic E-state index is -0.751. The number of carbonyl (C=O) groups excluding carboxylic acids is 4. The number of amides is 2. The van der Waals surface area contributed by atoms with Gasteiger partial charge in [-0.25, -0.2) is 4.79 Å². The number of carbonyl (C=O) groups is 4. The van der Waals surface area contributed by atoms with E-state index in [0.717, 1.165) is 31.0 Å². The van der Waals surface area contributed by atoms with E-state index in [0.29, 0.717) is 17.4 Å². The molecule has 1 saturated heterocycles. The molecule has 0 aliphatic carbocycles. The van der Waals surface area contributed by atoms with Crippen LogP contribution in [0.2, 0.25) is 0 Å². The standard InChI is InChI=1S/C14H21NO5S/c1-10(2)5-3-4-6-14(19)21-9-13(18)20-15-11(16)7-8-12(15)17/h10H,3-9H2,1-2H3. The Balaban J connectivity index is 2.16. The Hall–Kier alpha value is -1.37. The first-order valence-electron chi connectivity index (χ1n) is 7.12. The Labute approximate surface area is 128 Å². The number of rotatable bonds is 8. The lowest BCUT2D eigenvalue weighted by atomic mass is 10.1. The normalized spacial score (nSPS) is 14.9. The Morgan fingerprint density at radius 3 is 2.38 bits per heavy atom. The van der Waals surface area contributed by atoms with Crippen LogP contribution >= 0.6 is 11.8 Å². The summed E-state index contributed by atoms with van der Waals surface area (Å²) >= 11 is 0.866. The molecule has 7 heteroatoms. The maximum absolute atomic E-state index is 11.6. The highest BCUT2D eigenvalue weighted by molar-refractivity contribution is 8.14. The van der Waals surface area contributed by atoms with Gasteiger partial charge in [-0.1, -0.05) is 38.5 Å². The van der Waals surface area contributed by atoms with E-state index in [9.17, 15) is 19.2 Å². The molecule has 0 saturated carbocycles. The molecule has 0 radical (unpaired) electrons. The highest BCUT2D eigenvalue weighted by Gasteiger charge is 2.32. The van der Waals surface area contributed by atoms with E-state index < -0.39 is 17.8 Å². The number of thioether (sulfide) groups is 1. The first kappa shape index (κ1) is 17.7. The monoisotopic (exact) mass is 315 g/mol. The molecule has 1 heterocycles. The van der Waals surface area contributed by atoms with Gasteiger partial charge in [-0.05, 0) is 12.3 Å². The molecule has 0 aromatic rings. The van der Waals surface area contributed by atoms with Gasteiger partial charge < -0.3 is 4.84 Å². The predicted octanol–water partition coefficient (Wildman–Crippen LogP) is 2.07. The first-order chi connectivity index (χ1) is 9.90. The Kier molecular flexibility index (Phi) is 7.42. The third-order valence-corrected chi connectivity index (χ3v) is 3.87. The minimum absolute atomic E-state index is 0.0635. The summed E-state index contributed by atoms with van der Waals surface area (Å²) in [6.07, 6.45) is 3.43. The van der Waals surface area contributed by atoms with Gasteiger partial charge in [0.05, 0.1) is 0 Å². The smallest absolute Gasteiger partial charge is 0.329 e. The van der Waals surface area contributed by atoms with Crippen LogP contribution in [0, 0.1) is 5.92 Å². The highest BCUT2D eigenvalue weighted by Crippen LogP contribution is 2.15. The highest BCUT2D eigenvalue weighted by atomic mass is 32.2. The summed E-state index contributed by atoms with van der Waals surface area (Å²) in [7, 11) is 0. The summed E-state index contributed by atoms with van der Waals surface area (Å²) in [4.78, 5) is 50.2. The van der Waals surface area contributed by atoms with Gasteiger partial charge in [-0.15, -0.1) is 5.06 Å². The van der Waals surface area contributed by atoms with E-state index in [4.69, 9.17) is 0 Å². The van der Waals surface area contributed by atoms with Gasteiger partial charge in [-0.2, -0.15) is 0 Å². The van der Waals surface area contributed by atoms with Gasteiger partial charge >= 0.3 is 5.97 Å². The maximum Gasteiger partial charge on any atom is 0.343 e. The van der Waals surface area contributed by atoms with Gasteiger partial charge in [0.15, 0.2) is 5.12 Å². The number of hydroxylamine groups is 2. The van der Waals surface area contributed by atoms with E-state index in [-0.39, 0.29) is 23.7 Å². The lowest BCUT2D eigenvalue weighted by Gasteiger charge is -2.11. The fourth-order valence-corrected chi connectivity index (χ4v) is 2.44. The second-order valence-corrected chi connectivity index (χ2v) is 6.38. The van der Waals surface area contributed by atoms with Crippen molar-refractivity contribution in [2.75, 3.05) is 5.75 Å². The Bertz CT molecular complexity index is 406. The molecule has 1 aliphatic rings. The summed E-state index contributed by atoms with van der Waals surface area (Å²) in [5.74, 6) is -1.34. The van der Waals surface area contributed by atoms with Crippen molar-refractivity contribution in [3.05, 3.63) is 0 Å². The average Bonchev–Trinajstić information content (AvgIpc) is 2.73. The van der Waals surface area contributed by atoms with Crippen LogP contribution < -0.4 is 0 Å². The molecule has 0 unspecified atom stereocenters. The number of hydrogen-bond donors (Lipinski definition) is 0. The van der Waals surface area contributed by atoms with Crippen molar-refractivity contribution >= 4 is 34.7 Å². The van der Waals surface area contributed by atoms with Crippen molar-refractivity contribution in [3.63, 3.8) is 0 Å². The Morgan fingerprint density at radius 2 is 1.81 bits per heavy atom. The third kappa shape index (κ3) is 6.75. The van der Waals surface area contributed by atoms with Crippen molar-refractivity contribution in [1.29, 1.82) is 0 Å². The van der Waals surface area contributed by atoms with Gasteiger partial charge in [0.2, 0.25) is 0 Å². The molecule has 0 N–H and O–H groups in total. The summed E-state index contributed by atoms with van der Waals surface area (Å²) in [6, 6.07) is 0. The largest absolute Gasteiger partial charge is 0.343 e. The summed E-state index contributed by atoms with van der Waals surface area (Å²) < 4.78 is 0. The quantitative estimate of drug-likeness (QED) is 0.504. The molecule has 21 heavy (non-hydrogen) atoms. The molecule has 0 aromatic carbocycles. The molecule has 1 fully saturated rings. The second kappa shape index (κ2) is 8.81. The van der Waals surface area contributed by atoms with Crippen LogP contribution in [0.1, 0.15) is 52.4 Å². The molecular formula is C14H21NO5S. The Morgan fingerprint density at radius 1 is 1.19 bits per heavy atom. The van der Waals surface area contributed by atoms with E-state index in [1.165, 1.54) is 0 Å². The molecule has 2 amide bonds. The van der Waals surface area contributed by atoms with Crippen LogP contribution in [0.5, 0.6) is 0 Å². The molecule has 0 aromatic heterocycles. The number of nitrogens with zero attached hydrogens (tertiary/aromatic N) is 1.